The summed E-state index contributed by atoms with van der Waals surface area (Å²) in [7, 11) is 0. The molecule has 2 atom stereocenters. The van der Waals surface area contributed by atoms with Gasteiger partial charge in [0.05, 0.1) is 24.3 Å². The monoisotopic (exact) mass is 513 g/mol. The molecular weight excluding hydrogens is 483 g/mol. The number of benzene rings is 2. The highest BCUT2D eigenvalue weighted by molar-refractivity contribution is 5.96. The molecule has 3 N–H and O–H groups in total. The zero-order chi connectivity index (χ0) is 26.2. The SMILES string of the molecule is O=C(CNC(=O)c1cccc(C(F)(F)F)c1)N[C@H]1CN(C2CCC3(C=Cc4ccccc43)CC2)C[C@H]1O. The maximum Gasteiger partial charge on any atom is 0.416 e. The van der Waals surface area contributed by atoms with Crippen molar-refractivity contribution in [1.82, 2.24) is 15.5 Å². The summed E-state index contributed by atoms with van der Waals surface area (Å²) in [4.78, 5) is 26.9. The highest BCUT2D eigenvalue weighted by Crippen LogP contribution is 2.47. The molecule has 5 rings (SSSR count). The van der Waals surface area contributed by atoms with Crippen LogP contribution < -0.4 is 10.6 Å². The Morgan fingerprint density at radius 2 is 1.81 bits per heavy atom. The minimum absolute atomic E-state index is 0.0941. The molecular formula is C28H30F3N3O3. The first-order valence-electron chi connectivity index (χ1n) is 12.6. The van der Waals surface area contributed by atoms with Crippen LogP contribution in [0.25, 0.3) is 6.08 Å². The number of hydrogen-bond acceptors (Lipinski definition) is 4. The third kappa shape index (κ3) is 5.29. The largest absolute Gasteiger partial charge is 0.416 e. The van der Waals surface area contributed by atoms with Crippen LogP contribution in [0.3, 0.4) is 0 Å². The van der Waals surface area contributed by atoms with Crippen molar-refractivity contribution in [2.45, 2.75) is 55.5 Å². The van der Waals surface area contributed by atoms with Crippen LogP contribution in [0.15, 0.2) is 54.6 Å². The summed E-state index contributed by atoms with van der Waals surface area (Å²) in [5, 5.41) is 15.7. The van der Waals surface area contributed by atoms with E-state index in [-0.39, 0.29) is 11.0 Å². The predicted octanol–water partition coefficient (Wildman–Crippen LogP) is 3.50. The summed E-state index contributed by atoms with van der Waals surface area (Å²) in [6.45, 7) is 0.584. The lowest BCUT2D eigenvalue weighted by Crippen LogP contribution is -2.47. The van der Waals surface area contributed by atoms with Gasteiger partial charge < -0.3 is 15.7 Å². The van der Waals surface area contributed by atoms with Gasteiger partial charge >= 0.3 is 6.18 Å². The zero-order valence-corrected chi connectivity index (χ0v) is 20.3. The minimum atomic E-state index is -4.56. The number of fused-ring (bicyclic) bond motifs is 2. The number of halogens is 3. The number of aliphatic hydroxyl groups is 1. The smallest absolute Gasteiger partial charge is 0.390 e. The molecule has 0 radical (unpaired) electrons. The van der Waals surface area contributed by atoms with Crippen LogP contribution in [0.2, 0.25) is 0 Å². The van der Waals surface area contributed by atoms with Crippen LogP contribution in [-0.2, 0) is 16.4 Å². The number of hydrogen-bond donors (Lipinski definition) is 3. The molecule has 2 aromatic carbocycles. The molecule has 1 saturated carbocycles. The van der Waals surface area contributed by atoms with Crippen LogP contribution in [0, 0.1) is 0 Å². The summed E-state index contributed by atoms with van der Waals surface area (Å²) in [6, 6.07) is 12.4. The van der Waals surface area contributed by atoms with Gasteiger partial charge in [0.2, 0.25) is 5.91 Å². The van der Waals surface area contributed by atoms with Gasteiger partial charge in [-0.05, 0) is 55.0 Å². The van der Waals surface area contributed by atoms with Gasteiger partial charge in [-0.15, -0.1) is 0 Å². The summed E-state index contributed by atoms with van der Waals surface area (Å²) in [5.41, 5.74) is 1.68. The van der Waals surface area contributed by atoms with Gasteiger partial charge in [-0.25, -0.2) is 0 Å². The Bertz CT molecular complexity index is 1200. The average Bonchev–Trinajstić information content (AvgIpc) is 3.43. The Morgan fingerprint density at radius 1 is 1.05 bits per heavy atom. The average molecular weight is 514 g/mol. The summed E-state index contributed by atoms with van der Waals surface area (Å²) >= 11 is 0. The van der Waals surface area contributed by atoms with Crippen molar-refractivity contribution in [2.24, 2.45) is 0 Å². The zero-order valence-electron chi connectivity index (χ0n) is 20.3. The molecule has 2 fully saturated rings. The number of rotatable bonds is 5. The summed E-state index contributed by atoms with van der Waals surface area (Å²) < 4.78 is 38.7. The number of nitrogens with one attached hydrogen (secondary N) is 2. The van der Waals surface area contributed by atoms with E-state index in [1.165, 1.54) is 17.2 Å². The Morgan fingerprint density at radius 3 is 2.57 bits per heavy atom. The third-order valence-corrected chi connectivity index (χ3v) is 7.97. The van der Waals surface area contributed by atoms with Gasteiger partial charge in [-0.2, -0.15) is 13.2 Å². The second kappa shape index (κ2) is 9.95. The van der Waals surface area contributed by atoms with Gasteiger partial charge in [-0.3, -0.25) is 14.5 Å². The minimum Gasteiger partial charge on any atom is -0.390 e. The number of allylic oxidation sites excluding steroid dienone is 1. The fourth-order valence-electron chi connectivity index (χ4n) is 5.97. The van der Waals surface area contributed by atoms with Gasteiger partial charge in [-0.1, -0.05) is 42.5 Å². The topological polar surface area (TPSA) is 81.7 Å². The first-order valence-corrected chi connectivity index (χ1v) is 12.6. The molecule has 1 aliphatic heterocycles. The van der Waals surface area contributed by atoms with E-state index in [0.717, 1.165) is 43.9 Å². The molecule has 0 bridgehead atoms. The molecule has 3 aliphatic rings. The van der Waals surface area contributed by atoms with Crippen molar-refractivity contribution in [1.29, 1.82) is 0 Å². The molecule has 1 saturated heterocycles. The highest BCUT2D eigenvalue weighted by Gasteiger charge is 2.42. The molecule has 1 heterocycles. The van der Waals surface area contributed by atoms with E-state index in [4.69, 9.17) is 0 Å². The summed E-state index contributed by atoms with van der Waals surface area (Å²) in [6.07, 6.45) is 3.34. The third-order valence-electron chi connectivity index (χ3n) is 7.97. The van der Waals surface area contributed by atoms with E-state index in [1.807, 2.05) is 0 Å². The molecule has 2 aliphatic carbocycles. The number of alkyl halides is 3. The van der Waals surface area contributed by atoms with E-state index in [0.29, 0.717) is 19.1 Å². The fraction of sp³-hybridized carbons (Fsp3) is 0.429. The van der Waals surface area contributed by atoms with E-state index < -0.39 is 42.2 Å². The Balaban J connectivity index is 1.10. The van der Waals surface area contributed by atoms with Crippen LogP contribution in [0.4, 0.5) is 13.2 Å². The Kier molecular flexibility index (Phi) is 6.85. The Labute approximate surface area is 213 Å². The van der Waals surface area contributed by atoms with Crippen LogP contribution in [-0.4, -0.2) is 59.6 Å². The molecule has 2 amide bonds. The number of aliphatic hydroxyl groups excluding tert-OH is 1. The van der Waals surface area contributed by atoms with Gasteiger partial charge in [0, 0.05) is 30.1 Å². The molecule has 0 aromatic heterocycles. The number of likely N-dealkylation sites (tertiary alicyclic amines) is 1. The fourth-order valence-corrected chi connectivity index (χ4v) is 5.97. The lowest BCUT2D eigenvalue weighted by Gasteiger charge is -2.40. The van der Waals surface area contributed by atoms with Crippen LogP contribution in [0.1, 0.15) is 52.7 Å². The number of β-amino-alcohol motifs (C(OH)–C–C–N with tert-alkyl or cyclic N) is 1. The molecule has 6 nitrogen and oxygen atoms in total. The second-order valence-electron chi connectivity index (χ2n) is 10.3. The Hall–Kier alpha value is -3.17. The maximum atomic E-state index is 12.9. The van der Waals surface area contributed by atoms with Crippen molar-refractivity contribution >= 4 is 17.9 Å². The van der Waals surface area contributed by atoms with E-state index >= 15 is 0 Å². The van der Waals surface area contributed by atoms with Gasteiger partial charge in [0.15, 0.2) is 0 Å². The van der Waals surface area contributed by atoms with Crippen molar-refractivity contribution < 1.29 is 27.9 Å². The number of carbonyl (C=O) groups excluding carboxylic acids is 2. The predicted molar refractivity (Wildman–Crippen MR) is 133 cm³/mol. The molecule has 0 unspecified atom stereocenters. The normalized spacial score (nSPS) is 27.3. The first kappa shape index (κ1) is 25.5. The second-order valence-corrected chi connectivity index (χ2v) is 10.3. The highest BCUT2D eigenvalue weighted by atomic mass is 19.4. The number of carbonyl (C=O) groups is 2. The lowest BCUT2D eigenvalue weighted by molar-refractivity contribution is -0.137. The van der Waals surface area contributed by atoms with Crippen LogP contribution in [0.5, 0.6) is 0 Å². The van der Waals surface area contributed by atoms with E-state index in [9.17, 15) is 27.9 Å². The van der Waals surface area contributed by atoms with Gasteiger partial charge in [0.1, 0.15) is 0 Å². The maximum absolute atomic E-state index is 12.9. The molecule has 37 heavy (non-hydrogen) atoms. The molecule has 9 heteroatoms. The lowest BCUT2D eigenvalue weighted by atomic mass is 9.69. The van der Waals surface area contributed by atoms with Gasteiger partial charge in [0.25, 0.3) is 5.91 Å². The van der Waals surface area contributed by atoms with Crippen molar-refractivity contribution in [2.75, 3.05) is 19.6 Å². The van der Waals surface area contributed by atoms with Crippen LogP contribution >= 0.6 is 0 Å². The standard InChI is InChI=1S/C28H30F3N3O3/c29-28(30,31)20-6-3-5-19(14-20)26(37)32-15-25(36)33-23-16-34(17-24(23)35)21-9-12-27(13-10-21)11-8-18-4-1-2-7-22(18)27/h1-8,11,14,21,23-24,35H,9-10,12-13,15-17H2,(H,32,37)(H,33,36)/t21?,23-,24+,27?/m0/s1. The van der Waals surface area contributed by atoms with Crippen molar-refractivity contribution in [3.8, 4) is 0 Å². The van der Waals surface area contributed by atoms with Crippen molar-refractivity contribution in [3.63, 3.8) is 0 Å². The van der Waals surface area contributed by atoms with Crippen molar-refractivity contribution in [3.05, 3.63) is 76.9 Å². The van der Waals surface area contributed by atoms with E-state index in [1.54, 1.807) is 0 Å². The summed E-state index contributed by atoms with van der Waals surface area (Å²) in [5.74, 6) is -1.27. The molecule has 2 aromatic rings. The molecule has 196 valence electrons. The number of nitrogens with zero attached hydrogens (tertiary/aromatic N) is 1. The quantitative estimate of drug-likeness (QED) is 0.572. The number of amides is 2. The first-order chi connectivity index (χ1) is 17.6. The van der Waals surface area contributed by atoms with E-state index in [2.05, 4.69) is 52.0 Å². The molecule has 1 spiro atoms.